The molecule has 1 heterocycles. The van der Waals surface area contributed by atoms with Gasteiger partial charge in [0, 0.05) is 18.8 Å². The van der Waals surface area contributed by atoms with Crippen LogP contribution in [-0.2, 0) is 9.53 Å². The van der Waals surface area contributed by atoms with Gasteiger partial charge in [0.2, 0.25) is 0 Å². The van der Waals surface area contributed by atoms with E-state index in [1.165, 1.54) is 0 Å². The zero-order valence-corrected chi connectivity index (χ0v) is 20.1. The molecule has 0 radical (unpaired) electrons. The third kappa shape index (κ3) is 5.56. The Labute approximate surface area is 211 Å². The molecule has 0 aromatic heterocycles. The van der Waals surface area contributed by atoms with Gasteiger partial charge in [0.05, 0.1) is 30.7 Å². The van der Waals surface area contributed by atoms with Crippen LogP contribution in [0.1, 0.15) is 18.4 Å². The number of hydrazone groups is 1. The van der Waals surface area contributed by atoms with Crippen LogP contribution in [0.15, 0.2) is 113 Å². The predicted octanol–water partition coefficient (Wildman–Crippen LogP) is 5.52. The Kier molecular flexibility index (Phi) is 7.54. The Morgan fingerprint density at radius 2 is 1.50 bits per heavy atom. The lowest BCUT2D eigenvalue weighted by Crippen LogP contribution is -2.36. The summed E-state index contributed by atoms with van der Waals surface area (Å²) in [5.74, 6) is 0.175. The lowest BCUT2D eigenvalue weighted by Gasteiger charge is -2.32. The highest BCUT2D eigenvalue weighted by molar-refractivity contribution is 6.19. The van der Waals surface area contributed by atoms with E-state index in [1.54, 1.807) is 12.1 Å². The first-order valence-electron chi connectivity index (χ1n) is 12.3. The van der Waals surface area contributed by atoms with Gasteiger partial charge in [-0.15, -0.1) is 0 Å². The van der Waals surface area contributed by atoms with E-state index in [2.05, 4.69) is 15.4 Å². The van der Waals surface area contributed by atoms with Gasteiger partial charge in [0.15, 0.2) is 0 Å². The molecular weight excluding hydrogens is 450 g/mol. The number of anilines is 1. The number of nitrogens with one attached hydrogen (secondary N) is 1. The molecule has 36 heavy (non-hydrogen) atoms. The number of benzene rings is 3. The first-order chi connectivity index (χ1) is 17.8. The highest BCUT2D eigenvalue weighted by atomic mass is 16.5. The van der Waals surface area contributed by atoms with E-state index in [4.69, 9.17) is 9.47 Å². The molecule has 0 amide bonds. The Hall–Kier alpha value is -4.16. The average Bonchev–Trinajstić information content (AvgIpc) is 3.34. The minimum absolute atomic E-state index is 0.353. The number of carbonyl (C=O) groups excluding carboxylic acids is 1. The van der Waals surface area contributed by atoms with Gasteiger partial charge in [-0.2, -0.15) is 5.10 Å². The van der Waals surface area contributed by atoms with Gasteiger partial charge >= 0.3 is 5.97 Å². The van der Waals surface area contributed by atoms with Crippen LogP contribution in [0, 0.1) is 0 Å². The molecule has 6 heteroatoms. The lowest BCUT2D eigenvalue weighted by atomic mass is 9.97. The number of esters is 1. The molecule has 2 aliphatic rings. The summed E-state index contributed by atoms with van der Waals surface area (Å²) in [6, 6.07) is 28.9. The Bertz CT molecular complexity index is 1260. The van der Waals surface area contributed by atoms with Crippen LogP contribution >= 0.6 is 0 Å². The van der Waals surface area contributed by atoms with Crippen LogP contribution in [-0.4, -0.2) is 43.4 Å². The van der Waals surface area contributed by atoms with Gasteiger partial charge in [-0.3, -0.25) is 5.43 Å². The first kappa shape index (κ1) is 23.6. The van der Waals surface area contributed by atoms with E-state index in [0.29, 0.717) is 24.5 Å². The number of rotatable bonds is 7. The standard InChI is InChI=1S/C30H29N3O3/c34-30(36-26-14-8-3-9-15-26)28(23-10-4-1-5-11-23)27-17-16-24(29(27)33-18-20-35-21-19-33)22-31-32-25-12-6-2-7-13-25/h1-15,22,32H,16-21H2. The van der Waals surface area contributed by atoms with Crippen LogP contribution in [0.2, 0.25) is 0 Å². The number of para-hydroxylation sites is 2. The summed E-state index contributed by atoms with van der Waals surface area (Å²) in [5.41, 5.74) is 8.62. The molecule has 1 fully saturated rings. The van der Waals surface area contributed by atoms with E-state index < -0.39 is 0 Å². The maximum Gasteiger partial charge on any atom is 0.344 e. The number of morpholine rings is 1. The summed E-state index contributed by atoms with van der Waals surface area (Å²) < 4.78 is 11.5. The van der Waals surface area contributed by atoms with Crippen molar-refractivity contribution in [3.8, 4) is 5.75 Å². The van der Waals surface area contributed by atoms with Crippen LogP contribution in [0.3, 0.4) is 0 Å². The van der Waals surface area contributed by atoms with Crippen molar-refractivity contribution in [2.45, 2.75) is 12.8 Å². The molecule has 1 saturated heterocycles. The van der Waals surface area contributed by atoms with Crippen molar-refractivity contribution in [3.63, 3.8) is 0 Å². The number of nitrogens with zero attached hydrogens (tertiary/aromatic N) is 2. The molecule has 6 nitrogen and oxygen atoms in total. The fourth-order valence-electron chi connectivity index (χ4n) is 4.60. The quantitative estimate of drug-likeness (QED) is 0.159. The molecule has 1 aliphatic heterocycles. The molecule has 0 spiro atoms. The molecule has 5 rings (SSSR count). The molecule has 0 saturated carbocycles. The highest BCUT2D eigenvalue weighted by Crippen LogP contribution is 2.39. The number of hydrogen-bond donors (Lipinski definition) is 1. The molecule has 1 aliphatic carbocycles. The fraction of sp³-hybridized carbons (Fsp3) is 0.200. The summed E-state index contributed by atoms with van der Waals surface area (Å²) >= 11 is 0. The van der Waals surface area contributed by atoms with Gasteiger partial charge in [0.25, 0.3) is 0 Å². The van der Waals surface area contributed by atoms with Crippen LogP contribution in [0.4, 0.5) is 5.69 Å². The molecule has 1 N–H and O–H groups in total. The van der Waals surface area contributed by atoms with Gasteiger partial charge in [-0.05, 0) is 53.8 Å². The summed E-state index contributed by atoms with van der Waals surface area (Å²) in [7, 11) is 0. The Balaban J connectivity index is 1.56. The third-order valence-corrected chi connectivity index (χ3v) is 6.27. The zero-order valence-electron chi connectivity index (χ0n) is 20.1. The van der Waals surface area contributed by atoms with E-state index >= 15 is 0 Å². The van der Waals surface area contributed by atoms with E-state index in [-0.39, 0.29) is 5.97 Å². The minimum atomic E-state index is -0.353. The molecule has 0 unspecified atom stereocenters. The normalized spacial score (nSPS) is 17.4. The van der Waals surface area contributed by atoms with Crippen molar-refractivity contribution in [1.82, 2.24) is 4.90 Å². The number of allylic oxidation sites excluding steroid dienone is 2. The van der Waals surface area contributed by atoms with Crippen LogP contribution < -0.4 is 10.2 Å². The monoisotopic (exact) mass is 479 g/mol. The average molecular weight is 480 g/mol. The number of carbonyl (C=O) groups is 1. The minimum Gasteiger partial charge on any atom is -0.423 e. The maximum atomic E-state index is 13.6. The molecule has 0 atom stereocenters. The molecular formula is C30H29N3O3. The maximum absolute atomic E-state index is 13.6. The predicted molar refractivity (Wildman–Crippen MR) is 143 cm³/mol. The van der Waals surface area contributed by atoms with Crippen molar-refractivity contribution in [1.29, 1.82) is 0 Å². The van der Waals surface area contributed by atoms with Gasteiger partial charge in [-0.25, -0.2) is 4.79 Å². The summed E-state index contributed by atoms with van der Waals surface area (Å²) in [6.45, 7) is 2.83. The molecule has 182 valence electrons. The van der Waals surface area contributed by atoms with Crippen molar-refractivity contribution in [2.75, 3.05) is 31.7 Å². The molecule has 3 aromatic carbocycles. The second-order valence-electron chi connectivity index (χ2n) is 8.63. The van der Waals surface area contributed by atoms with Crippen LogP contribution in [0.5, 0.6) is 5.75 Å². The summed E-state index contributed by atoms with van der Waals surface area (Å²) in [4.78, 5) is 16.0. The van der Waals surface area contributed by atoms with Crippen molar-refractivity contribution in [2.24, 2.45) is 5.10 Å². The molecule has 0 bridgehead atoms. The first-order valence-corrected chi connectivity index (χ1v) is 12.3. The van der Waals surface area contributed by atoms with Crippen molar-refractivity contribution >= 4 is 23.4 Å². The van der Waals surface area contributed by atoms with E-state index in [9.17, 15) is 4.79 Å². The number of hydrogen-bond acceptors (Lipinski definition) is 6. The highest BCUT2D eigenvalue weighted by Gasteiger charge is 2.31. The lowest BCUT2D eigenvalue weighted by molar-refractivity contribution is -0.128. The summed E-state index contributed by atoms with van der Waals surface area (Å²) in [6.07, 6.45) is 3.40. The Morgan fingerprint density at radius 1 is 0.861 bits per heavy atom. The number of ether oxygens (including phenoxy) is 2. The Morgan fingerprint density at radius 3 is 2.19 bits per heavy atom. The second-order valence-corrected chi connectivity index (χ2v) is 8.63. The smallest absolute Gasteiger partial charge is 0.344 e. The van der Waals surface area contributed by atoms with Gasteiger partial charge < -0.3 is 14.4 Å². The van der Waals surface area contributed by atoms with Crippen molar-refractivity contribution in [3.05, 3.63) is 113 Å². The topological polar surface area (TPSA) is 63.2 Å². The van der Waals surface area contributed by atoms with Crippen LogP contribution in [0.25, 0.3) is 5.57 Å². The van der Waals surface area contributed by atoms with E-state index in [1.807, 2.05) is 85.1 Å². The molecule has 3 aromatic rings. The second kappa shape index (κ2) is 11.5. The van der Waals surface area contributed by atoms with Gasteiger partial charge in [0.1, 0.15) is 5.75 Å². The zero-order chi connectivity index (χ0) is 24.6. The van der Waals surface area contributed by atoms with E-state index in [0.717, 1.165) is 54.0 Å². The SMILES string of the molecule is O=C(Oc1ccccc1)C(=C1CCC(C=NNc2ccccc2)=C1N1CCOCC1)c1ccccc1. The third-order valence-electron chi connectivity index (χ3n) is 6.27. The largest absolute Gasteiger partial charge is 0.423 e. The van der Waals surface area contributed by atoms with Gasteiger partial charge in [-0.1, -0.05) is 66.7 Å². The fourth-order valence-corrected chi connectivity index (χ4v) is 4.60. The van der Waals surface area contributed by atoms with Crippen molar-refractivity contribution < 1.29 is 14.3 Å². The summed E-state index contributed by atoms with van der Waals surface area (Å²) in [5, 5.41) is 4.52.